The number of hydrogen-bond acceptors (Lipinski definition) is 5. The summed E-state index contributed by atoms with van der Waals surface area (Å²) in [7, 11) is 1.52. The number of fused-ring (bicyclic) bond motifs is 1. The molecule has 0 aliphatic heterocycles. The summed E-state index contributed by atoms with van der Waals surface area (Å²) >= 11 is 6.22. The molecule has 0 spiro atoms. The molecule has 2 aromatic heterocycles. The van der Waals surface area contributed by atoms with Crippen molar-refractivity contribution < 1.29 is 9.53 Å². The maximum absolute atomic E-state index is 12.8. The van der Waals surface area contributed by atoms with Crippen molar-refractivity contribution in [2.75, 3.05) is 12.4 Å². The van der Waals surface area contributed by atoms with E-state index in [1.165, 1.54) is 28.9 Å². The van der Waals surface area contributed by atoms with Gasteiger partial charge in [0.25, 0.3) is 5.56 Å². The van der Waals surface area contributed by atoms with Crippen molar-refractivity contribution in [3.8, 4) is 11.4 Å². The number of benzene rings is 2. The number of aromatic nitrogens is 4. The lowest BCUT2D eigenvalue weighted by molar-refractivity contribution is -0.116. The Morgan fingerprint density at radius 2 is 1.93 bits per heavy atom. The Bertz CT molecular complexity index is 1260. The summed E-state index contributed by atoms with van der Waals surface area (Å²) in [6.07, 6.45) is 2.74. The predicted molar refractivity (Wildman–Crippen MR) is 110 cm³/mol. The normalized spacial score (nSPS) is 10.8. The molecule has 0 atom stereocenters. The number of nitrogens with zero attached hydrogens (tertiary/aromatic N) is 4. The predicted octanol–water partition coefficient (Wildman–Crippen LogP) is 2.88. The van der Waals surface area contributed by atoms with E-state index in [1.807, 2.05) is 6.07 Å². The number of amides is 1. The molecule has 0 radical (unpaired) electrons. The molecule has 0 saturated heterocycles. The van der Waals surface area contributed by atoms with Gasteiger partial charge < -0.3 is 10.1 Å². The van der Waals surface area contributed by atoms with E-state index < -0.39 is 0 Å². The number of carbonyl (C=O) groups excluding carboxylic acids is 1. The first-order valence-electron chi connectivity index (χ1n) is 8.69. The number of anilines is 1. The minimum absolute atomic E-state index is 0.197. The van der Waals surface area contributed by atoms with Gasteiger partial charge in [-0.15, -0.1) is 0 Å². The van der Waals surface area contributed by atoms with Gasteiger partial charge in [0.1, 0.15) is 24.0 Å². The summed E-state index contributed by atoms with van der Waals surface area (Å²) in [5, 5.41) is 7.75. The molecule has 2 aromatic carbocycles. The zero-order valence-electron chi connectivity index (χ0n) is 15.4. The minimum Gasteiger partial charge on any atom is -0.495 e. The van der Waals surface area contributed by atoms with E-state index >= 15 is 0 Å². The molecule has 0 unspecified atom stereocenters. The average Bonchev–Trinajstić information content (AvgIpc) is 3.15. The van der Waals surface area contributed by atoms with Crippen LogP contribution in [0.15, 0.2) is 65.8 Å². The van der Waals surface area contributed by atoms with Crippen LogP contribution in [0.4, 0.5) is 5.69 Å². The lowest BCUT2D eigenvalue weighted by Crippen LogP contribution is -2.28. The standard InChI is InChI=1S/C20H16ClN5O3/c1-29-17-9-5-3-7-15(17)24-18(27)11-25-12-22-19-13(20(25)28)10-23-26(19)16-8-4-2-6-14(16)21/h2-10,12H,11H2,1H3,(H,24,27). The van der Waals surface area contributed by atoms with Gasteiger partial charge in [0.05, 0.1) is 29.7 Å². The second kappa shape index (κ2) is 7.76. The van der Waals surface area contributed by atoms with Crippen molar-refractivity contribution in [3.05, 3.63) is 76.4 Å². The molecule has 2 heterocycles. The fourth-order valence-electron chi connectivity index (χ4n) is 2.95. The van der Waals surface area contributed by atoms with Crippen molar-refractivity contribution in [3.63, 3.8) is 0 Å². The highest BCUT2D eigenvalue weighted by atomic mass is 35.5. The zero-order valence-corrected chi connectivity index (χ0v) is 16.1. The highest BCUT2D eigenvalue weighted by molar-refractivity contribution is 6.32. The monoisotopic (exact) mass is 409 g/mol. The van der Waals surface area contributed by atoms with Crippen molar-refractivity contribution in [1.29, 1.82) is 0 Å². The van der Waals surface area contributed by atoms with Crippen molar-refractivity contribution in [2.45, 2.75) is 6.54 Å². The minimum atomic E-state index is -0.378. The van der Waals surface area contributed by atoms with Crippen molar-refractivity contribution in [2.24, 2.45) is 0 Å². The molecule has 4 rings (SSSR count). The Morgan fingerprint density at radius 1 is 1.17 bits per heavy atom. The van der Waals surface area contributed by atoms with Crippen LogP contribution in [0.5, 0.6) is 5.75 Å². The van der Waals surface area contributed by atoms with Crippen LogP contribution in [0.2, 0.25) is 5.02 Å². The smallest absolute Gasteiger partial charge is 0.264 e. The summed E-state index contributed by atoms with van der Waals surface area (Å²) in [5.41, 5.74) is 1.13. The maximum Gasteiger partial charge on any atom is 0.264 e. The second-order valence-electron chi connectivity index (χ2n) is 6.17. The second-order valence-corrected chi connectivity index (χ2v) is 6.58. The van der Waals surface area contributed by atoms with Gasteiger partial charge in [0.2, 0.25) is 5.91 Å². The molecule has 1 N–H and O–H groups in total. The van der Waals surface area contributed by atoms with E-state index in [1.54, 1.807) is 42.5 Å². The number of ether oxygens (including phenoxy) is 1. The van der Waals surface area contributed by atoms with Gasteiger partial charge in [-0.2, -0.15) is 5.10 Å². The third-order valence-corrected chi connectivity index (χ3v) is 4.65. The third kappa shape index (κ3) is 3.57. The Hall–Kier alpha value is -3.65. The summed E-state index contributed by atoms with van der Waals surface area (Å²) in [5.74, 6) is 0.152. The number of para-hydroxylation sites is 3. The highest BCUT2D eigenvalue weighted by Gasteiger charge is 2.15. The molecule has 8 nitrogen and oxygen atoms in total. The van der Waals surface area contributed by atoms with E-state index in [9.17, 15) is 9.59 Å². The molecule has 0 aliphatic carbocycles. The van der Waals surface area contributed by atoms with Gasteiger partial charge in [0, 0.05) is 0 Å². The molecule has 1 amide bonds. The van der Waals surface area contributed by atoms with E-state index in [4.69, 9.17) is 16.3 Å². The molecular formula is C20H16ClN5O3. The summed E-state index contributed by atoms with van der Waals surface area (Å²) in [6.45, 7) is -0.197. The Labute approximate surface area is 170 Å². The Balaban J connectivity index is 1.63. The number of hydrogen-bond donors (Lipinski definition) is 1. The summed E-state index contributed by atoms with van der Waals surface area (Å²) in [6, 6.07) is 14.2. The van der Waals surface area contributed by atoms with Crippen LogP contribution in [0.1, 0.15) is 0 Å². The largest absolute Gasteiger partial charge is 0.495 e. The average molecular weight is 410 g/mol. The molecule has 0 fully saturated rings. The molecule has 9 heteroatoms. The number of halogens is 1. The van der Waals surface area contributed by atoms with Gasteiger partial charge in [-0.05, 0) is 24.3 Å². The van der Waals surface area contributed by atoms with Crippen LogP contribution in [-0.2, 0) is 11.3 Å². The van der Waals surface area contributed by atoms with Crippen molar-refractivity contribution >= 4 is 34.2 Å². The van der Waals surface area contributed by atoms with E-state index in [0.717, 1.165) is 0 Å². The number of rotatable bonds is 5. The Kier molecular flexibility index (Phi) is 5.01. The van der Waals surface area contributed by atoms with Gasteiger partial charge in [-0.3, -0.25) is 14.2 Å². The number of nitrogens with one attached hydrogen (secondary N) is 1. The van der Waals surface area contributed by atoms with Crippen LogP contribution in [0, 0.1) is 0 Å². The van der Waals surface area contributed by atoms with Gasteiger partial charge in [-0.25, -0.2) is 9.67 Å². The fourth-order valence-corrected chi connectivity index (χ4v) is 3.17. The number of carbonyl (C=O) groups is 1. The van der Waals surface area contributed by atoms with Crippen LogP contribution >= 0.6 is 11.6 Å². The maximum atomic E-state index is 12.8. The van der Waals surface area contributed by atoms with Crippen LogP contribution < -0.4 is 15.6 Å². The number of methoxy groups -OCH3 is 1. The van der Waals surface area contributed by atoms with Crippen LogP contribution in [0.25, 0.3) is 16.7 Å². The summed E-state index contributed by atoms with van der Waals surface area (Å²) in [4.78, 5) is 29.5. The zero-order chi connectivity index (χ0) is 20.4. The quantitative estimate of drug-likeness (QED) is 0.547. The van der Waals surface area contributed by atoms with Crippen molar-refractivity contribution in [1.82, 2.24) is 19.3 Å². The van der Waals surface area contributed by atoms with Crippen LogP contribution in [-0.4, -0.2) is 32.3 Å². The first kappa shape index (κ1) is 18.7. The van der Waals surface area contributed by atoms with Gasteiger partial charge in [-0.1, -0.05) is 35.9 Å². The molecule has 0 bridgehead atoms. The first-order valence-corrected chi connectivity index (χ1v) is 9.07. The molecule has 4 aromatic rings. The Morgan fingerprint density at radius 3 is 2.72 bits per heavy atom. The van der Waals surface area contributed by atoms with Gasteiger partial charge in [0.15, 0.2) is 5.65 Å². The SMILES string of the molecule is COc1ccccc1NC(=O)Cn1cnc2c(cnn2-c2ccccc2Cl)c1=O. The lowest BCUT2D eigenvalue weighted by atomic mass is 10.3. The molecule has 146 valence electrons. The van der Waals surface area contributed by atoms with E-state index in [0.29, 0.717) is 27.8 Å². The molecular weight excluding hydrogens is 394 g/mol. The first-order chi connectivity index (χ1) is 14.1. The fraction of sp³-hybridized carbons (Fsp3) is 0.100. The third-order valence-electron chi connectivity index (χ3n) is 4.33. The molecule has 29 heavy (non-hydrogen) atoms. The van der Waals surface area contributed by atoms with Crippen LogP contribution in [0.3, 0.4) is 0 Å². The summed E-state index contributed by atoms with van der Waals surface area (Å²) < 4.78 is 7.94. The van der Waals surface area contributed by atoms with Gasteiger partial charge >= 0.3 is 0 Å². The topological polar surface area (TPSA) is 91.0 Å². The molecule has 0 aliphatic rings. The van der Waals surface area contributed by atoms with E-state index in [-0.39, 0.29) is 23.4 Å². The molecule has 0 saturated carbocycles. The van der Waals surface area contributed by atoms with E-state index in [2.05, 4.69) is 15.4 Å². The highest BCUT2D eigenvalue weighted by Crippen LogP contribution is 2.23. The lowest BCUT2D eigenvalue weighted by Gasteiger charge is -2.10.